The van der Waals surface area contributed by atoms with E-state index in [4.69, 9.17) is 5.26 Å². The van der Waals surface area contributed by atoms with Gasteiger partial charge in [0.25, 0.3) is 70.2 Å². The van der Waals surface area contributed by atoms with Gasteiger partial charge in [-0.05, 0) is 171 Å². The molecule has 29 heteroatoms. The first-order valence-corrected chi connectivity index (χ1v) is 38.9. The minimum atomic E-state index is -3.84. The zero-order valence-electron chi connectivity index (χ0n) is 50.9. The molecule has 0 unspecified atom stereocenters. The number of benzene rings is 11. The van der Waals surface area contributed by atoms with Gasteiger partial charge in [0.05, 0.1) is 68.7 Å². The van der Waals surface area contributed by atoms with Gasteiger partial charge in [-0.3, -0.25) is 33.1 Å². The molecular weight excluding hydrogens is 1380 g/mol. The fourth-order valence-corrected chi connectivity index (χ4v) is 15.9. The van der Waals surface area contributed by atoms with E-state index in [1.165, 1.54) is 115 Å². The van der Waals surface area contributed by atoms with Crippen LogP contribution in [0, 0.1) is 18.3 Å². The monoisotopic (exact) mass is 1440 g/mol. The lowest BCUT2D eigenvalue weighted by atomic mass is 10.2. The van der Waals surface area contributed by atoms with Crippen molar-refractivity contribution in [1.82, 2.24) is 0 Å². The van der Waals surface area contributed by atoms with Gasteiger partial charge < -0.3 is 0 Å². The summed E-state index contributed by atoms with van der Waals surface area (Å²) in [5.41, 5.74) is 3.35. The third-order valence-electron chi connectivity index (χ3n) is 13.1. The van der Waals surface area contributed by atoms with E-state index in [1.807, 2.05) is 13.0 Å². The predicted octanol–water partition coefficient (Wildman–Crippen LogP) is 12.5. The molecular formula is C68H60N8O14S7. The number of nitriles is 1. The Morgan fingerprint density at radius 1 is 0.227 bits per heavy atom. The Morgan fingerprint density at radius 3 is 0.701 bits per heavy atom. The molecule has 11 rings (SSSR count). The van der Waals surface area contributed by atoms with E-state index in [0.717, 1.165) is 5.56 Å². The average molecular weight is 1440 g/mol. The maximum atomic E-state index is 12.5. The van der Waals surface area contributed by atoms with Gasteiger partial charge in [0.1, 0.15) is 0 Å². The zero-order chi connectivity index (χ0) is 69.7. The smallest absolute Gasteiger partial charge is 0.261 e. The molecule has 7 N–H and O–H groups in total. The minimum Gasteiger partial charge on any atom is -0.280 e. The molecule has 0 radical (unpaired) electrons. The molecule has 0 saturated carbocycles. The average Bonchev–Trinajstić information content (AvgIpc) is 0.875. The molecule has 22 nitrogen and oxygen atoms in total. The van der Waals surface area contributed by atoms with Gasteiger partial charge in [-0.25, -0.2) is 58.9 Å². The van der Waals surface area contributed by atoms with E-state index in [0.29, 0.717) is 22.6 Å². The van der Waals surface area contributed by atoms with Crippen LogP contribution in [0.4, 0.5) is 39.8 Å². The van der Waals surface area contributed by atoms with Gasteiger partial charge in [0.2, 0.25) is 0 Å². The van der Waals surface area contributed by atoms with Crippen LogP contribution < -0.4 is 33.1 Å². The Balaban J connectivity index is 0.000000166. The number of nitrogens with one attached hydrogen (secondary N) is 7. The SMILES string of the molecule is Cc1ccc(S(=O)(=O)Nc2ccc(C#N)cc2)cc1.O=S(=O)(Nc1ccc(NS(=O)(=O)c2ccccc2)cc1)c1ccccc1.O=S(=O)(Nc1cccc(NS(=O)(=O)c2ccccc2)c1)c1ccccc1.O=S(=O)(Nc1ccccc1NS(=O)(=O)c1ccccc1)c1ccccc1. The van der Waals surface area contributed by atoms with Crippen molar-refractivity contribution in [3.63, 3.8) is 0 Å². The Labute approximate surface area is 564 Å². The van der Waals surface area contributed by atoms with Gasteiger partial charge in [-0.15, -0.1) is 0 Å². The van der Waals surface area contributed by atoms with Crippen LogP contribution >= 0.6 is 0 Å². The van der Waals surface area contributed by atoms with Crippen molar-refractivity contribution in [3.8, 4) is 6.07 Å². The highest BCUT2D eigenvalue weighted by Crippen LogP contribution is 2.28. The number of hydrogen-bond donors (Lipinski definition) is 7. The molecule has 0 aliphatic heterocycles. The highest BCUT2D eigenvalue weighted by atomic mass is 32.2. The molecule has 11 aromatic rings. The number of hydrogen-bond acceptors (Lipinski definition) is 15. The Morgan fingerprint density at radius 2 is 0.443 bits per heavy atom. The first kappa shape index (κ1) is 72.0. The summed E-state index contributed by atoms with van der Waals surface area (Å²) in [4.78, 5) is 0.914. The highest BCUT2D eigenvalue weighted by Gasteiger charge is 2.22. The molecule has 0 heterocycles. The minimum absolute atomic E-state index is 0.0840. The van der Waals surface area contributed by atoms with Crippen molar-refractivity contribution in [2.75, 3.05) is 33.1 Å². The van der Waals surface area contributed by atoms with Crippen molar-refractivity contribution in [1.29, 1.82) is 5.26 Å². The number of para-hydroxylation sites is 2. The van der Waals surface area contributed by atoms with E-state index in [1.54, 1.807) is 188 Å². The zero-order valence-corrected chi connectivity index (χ0v) is 56.6. The Bertz CT molecular complexity index is 5070. The first-order chi connectivity index (χ1) is 46.1. The summed E-state index contributed by atoms with van der Waals surface area (Å²) in [5.74, 6) is 0. The molecule has 11 aromatic carbocycles. The third-order valence-corrected chi connectivity index (χ3v) is 22.8. The van der Waals surface area contributed by atoms with E-state index in [-0.39, 0.29) is 57.0 Å². The normalized spacial score (nSPS) is 11.5. The lowest BCUT2D eigenvalue weighted by Crippen LogP contribution is -2.17. The molecule has 0 aliphatic rings. The molecule has 97 heavy (non-hydrogen) atoms. The second-order valence-electron chi connectivity index (χ2n) is 20.3. The van der Waals surface area contributed by atoms with Crippen molar-refractivity contribution in [2.24, 2.45) is 0 Å². The van der Waals surface area contributed by atoms with E-state index < -0.39 is 70.2 Å². The number of aryl methyl sites for hydroxylation is 1. The number of nitrogens with zero attached hydrogens (tertiary/aromatic N) is 1. The number of anilines is 7. The molecule has 0 aromatic heterocycles. The molecule has 0 bridgehead atoms. The maximum absolute atomic E-state index is 12.5. The predicted molar refractivity (Wildman–Crippen MR) is 376 cm³/mol. The summed E-state index contributed by atoms with van der Waals surface area (Å²) in [6, 6.07) is 80.5. The molecule has 498 valence electrons. The lowest BCUT2D eigenvalue weighted by Gasteiger charge is -2.14. The van der Waals surface area contributed by atoms with Crippen LogP contribution in [-0.2, 0) is 70.2 Å². The first-order valence-electron chi connectivity index (χ1n) is 28.5. The van der Waals surface area contributed by atoms with Gasteiger partial charge in [0.15, 0.2) is 0 Å². The second-order valence-corrected chi connectivity index (χ2v) is 32.1. The summed E-state index contributed by atoms with van der Waals surface area (Å²) < 4.78 is 190. The topological polar surface area (TPSA) is 347 Å². The highest BCUT2D eigenvalue weighted by molar-refractivity contribution is 7.94. The summed E-state index contributed by atoms with van der Waals surface area (Å²) in [6.45, 7) is 1.89. The van der Waals surface area contributed by atoms with Crippen LogP contribution in [0.25, 0.3) is 0 Å². The lowest BCUT2D eigenvalue weighted by molar-refractivity contribution is 0.599. The van der Waals surface area contributed by atoms with Crippen LogP contribution in [0.1, 0.15) is 11.1 Å². The van der Waals surface area contributed by atoms with Crippen LogP contribution in [0.15, 0.2) is 338 Å². The molecule has 0 spiro atoms. The van der Waals surface area contributed by atoms with Crippen molar-refractivity contribution in [3.05, 3.63) is 314 Å². The van der Waals surface area contributed by atoms with E-state index >= 15 is 0 Å². The summed E-state index contributed by atoms with van der Waals surface area (Å²) in [6.07, 6.45) is 0. The van der Waals surface area contributed by atoms with E-state index in [9.17, 15) is 58.9 Å². The molecule has 0 amide bonds. The van der Waals surface area contributed by atoms with Gasteiger partial charge in [-0.1, -0.05) is 145 Å². The fourth-order valence-electron chi connectivity index (χ4n) is 8.32. The Hall–Kier alpha value is -10.8. The molecule has 0 saturated heterocycles. The van der Waals surface area contributed by atoms with Crippen LogP contribution in [0.2, 0.25) is 0 Å². The summed E-state index contributed by atoms with van der Waals surface area (Å²) in [5, 5.41) is 8.68. The van der Waals surface area contributed by atoms with Gasteiger partial charge in [-0.2, -0.15) is 5.26 Å². The number of sulfonamides is 7. The van der Waals surface area contributed by atoms with Gasteiger partial charge in [0, 0.05) is 17.1 Å². The summed E-state index contributed by atoms with van der Waals surface area (Å²) in [7, 11) is -26.2. The Kier molecular flexibility index (Phi) is 23.8. The fraction of sp³-hybridized carbons (Fsp3) is 0.0147. The van der Waals surface area contributed by atoms with E-state index in [2.05, 4.69) is 33.1 Å². The van der Waals surface area contributed by atoms with Crippen molar-refractivity contribution in [2.45, 2.75) is 41.2 Å². The van der Waals surface area contributed by atoms with Gasteiger partial charge >= 0.3 is 0 Å². The van der Waals surface area contributed by atoms with Crippen LogP contribution in [0.3, 0.4) is 0 Å². The molecule has 0 atom stereocenters. The third kappa shape index (κ3) is 21.1. The number of rotatable bonds is 21. The van der Waals surface area contributed by atoms with Crippen LogP contribution in [0.5, 0.6) is 0 Å². The van der Waals surface area contributed by atoms with Crippen LogP contribution in [-0.4, -0.2) is 58.9 Å². The molecule has 0 fully saturated rings. The maximum Gasteiger partial charge on any atom is 0.261 e. The summed E-state index contributed by atoms with van der Waals surface area (Å²) >= 11 is 0. The quantitative estimate of drug-likeness (QED) is 0.0351. The molecule has 0 aliphatic carbocycles. The largest absolute Gasteiger partial charge is 0.280 e. The second kappa shape index (κ2) is 32.1. The van der Waals surface area contributed by atoms with Crippen molar-refractivity contribution < 1.29 is 58.9 Å². The standard InChI is InChI=1S/3C18H16N2O4S2.C14H12N2O2S/c21-25(22,17-10-3-1-4-11-17)19-15-8-7-9-16(14-15)20-26(23,24)18-12-5-2-6-13-18;21-25(22,15-9-3-1-4-10-15)19-17-13-7-8-14-18(17)20-26(23,24)16-11-5-2-6-12-16;21-25(22,17-7-3-1-4-8-17)19-15-11-13-16(14-12-15)20-26(23,24)18-9-5-2-6-10-18;1-11-2-8-14(9-3-11)19(17,18)16-13-6-4-12(10-15)5-7-13/h3*1-14,19-20H;2-9,16H,1H3. The van der Waals surface area contributed by atoms with Crippen molar-refractivity contribution >= 4 is 110 Å².